The van der Waals surface area contributed by atoms with Crippen molar-refractivity contribution in [2.45, 2.75) is 18.9 Å². The minimum atomic E-state index is 0.268. The fourth-order valence-electron chi connectivity index (χ4n) is 1.25. The molecule has 1 aromatic heterocycles. The highest BCUT2D eigenvalue weighted by Gasteiger charge is 2.19. The van der Waals surface area contributed by atoms with Crippen molar-refractivity contribution in [1.82, 2.24) is 4.98 Å². The van der Waals surface area contributed by atoms with Crippen LogP contribution in [0.1, 0.15) is 23.8 Å². The van der Waals surface area contributed by atoms with Crippen LogP contribution in [-0.4, -0.2) is 11.6 Å². The molecule has 2 N–H and O–H groups in total. The van der Waals surface area contributed by atoms with Gasteiger partial charge in [-0.15, -0.1) is 0 Å². The van der Waals surface area contributed by atoms with Crippen molar-refractivity contribution in [3.05, 3.63) is 11.1 Å². The highest BCUT2D eigenvalue weighted by Crippen LogP contribution is 2.32. The van der Waals surface area contributed by atoms with E-state index in [-0.39, 0.29) is 6.10 Å². The lowest BCUT2D eigenvalue weighted by Crippen LogP contribution is -1.90. The molecule has 1 aliphatic rings. The summed E-state index contributed by atoms with van der Waals surface area (Å²) >= 11 is 1.53. The predicted molar refractivity (Wildman–Crippen MR) is 44.5 cm³/mol. The highest BCUT2D eigenvalue weighted by molar-refractivity contribution is 7.15. The fraction of sp³-hybridized carbons (Fsp3) is 0.571. The van der Waals surface area contributed by atoms with Gasteiger partial charge in [0.15, 0.2) is 5.13 Å². The molecule has 1 fully saturated rings. The molecule has 1 aliphatic heterocycles. The highest BCUT2D eigenvalue weighted by atomic mass is 32.1. The van der Waals surface area contributed by atoms with Crippen molar-refractivity contribution in [3.8, 4) is 0 Å². The van der Waals surface area contributed by atoms with Crippen molar-refractivity contribution >= 4 is 16.5 Å². The van der Waals surface area contributed by atoms with E-state index in [0.717, 1.165) is 19.4 Å². The summed E-state index contributed by atoms with van der Waals surface area (Å²) in [5, 5.41) is 0.635. The average molecular weight is 170 g/mol. The van der Waals surface area contributed by atoms with Crippen LogP contribution in [0.25, 0.3) is 0 Å². The molecule has 1 aromatic rings. The van der Waals surface area contributed by atoms with E-state index in [1.807, 2.05) is 6.20 Å². The second kappa shape index (κ2) is 2.79. The summed E-state index contributed by atoms with van der Waals surface area (Å²) in [4.78, 5) is 5.14. The molecule has 1 saturated heterocycles. The summed E-state index contributed by atoms with van der Waals surface area (Å²) in [6, 6.07) is 0. The first kappa shape index (κ1) is 7.06. The van der Waals surface area contributed by atoms with E-state index < -0.39 is 0 Å². The molecule has 1 atom stereocenters. The molecular weight excluding hydrogens is 160 g/mol. The molecule has 11 heavy (non-hydrogen) atoms. The lowest BCUT2D eigenvalue weighted by atomic mass is 10.2. The molecule has 0 aliphatic carbocycles. The second-order valence-corrected chi connectivity index (χ2v) is 3.70. The van der Waals surface area contributed by atoms with Gasteiger partial charge in [-0.05, 0) is 12.8 Å². The number of thiazole rings is 1. The normalized spacial score (nSPS) is 24.2. The van der Waals surface area contributed by atoms with E-state index >= 15 is 0 Å². The van der Waals surface area contributed by atoms with Crippen molar-refractivity contribution in [2.75, 3.05) is 12.3 Å². The molecule has 3 nitrogen and oxygen atoms in total. The maximum atomic E-state index is 5.50. The standard InChI is InChI=1S/C7H10N2OS/c8-7-9-4-6(11-7)5-2-1-3-10-5/h4-5H,1-3H2,(H2,8,9)/t5-/m0/s1. The first-order valence-electron chi connectivity index (χ1n) is 3.69. The van der Waals surface area contributed by atoms with Gasteiger partial charge >= 0.3 is 0 Å². The Bertz CT molecular complexity index is 242. The Labute approximate surface area is 69.2 Å². The molecule has 0 spiro atoms. The zero-order valence-electron chi connectivity index (χ0n) is 6.12. The maximum Gasteiger partial charge on any atom is 0.180 e. The Balaban J connectivity index is 2.15. The lowest BCUT2D eigenvalue weighted by Gasteiger charge is -2.03. The van der Waals surface area contributed by atoms with Crippen LogP contribution in [-0.2, 0) is 4.74 Å². The van der Waals surface area contributed by atoms with E-state index in [1.54, 1.807) is 0 Å². The van der Waals surface area contributed by atoms with Crippen LogP contribution in [0.15, 0.2) is 6.20 Å². The van der Waals surface area contributed by atoms with Crippen molar-refractivity contribution in [2.24, 2.45) is 0 Å². The van der Waals surface area contributed by atoms with Crippen molar-refractivity contribution in [3.63, 3.8) is 0 Å². The minimum absolute atomic E-state index is 0.268. The molecule has 0 amide bonds. The van der Waals surface area contributed by atoms with E-state index in [0.29, 0.717) is 5.13 Å². The van der Waals surface area contributed by atoms with Crippen LogP contribution >= 0.6 is 11.3 Å². The SMILES string of the molecule is Nc1ncc([C@@H]2CCCO2)s1. The molecule has 60 valence electrons. The zero-order valence-corrected chi connectivity index (χ0v) is 6.93. The quantitative estimate of drug-likeness (QED) is 0.696. The van der Waals surface area contributed by atoms with Gasteiger partial charge in [0, 0.05) is 12.8 Å². The van der Waals surface area contributed by atoms with Gasteiger partial charge in [-0.3, -0.25) is 0 Å². The zero-order chi connectivity index (χ0) is 7.68. The summed E-state index contributed by atoms with van der Waals surface area (Å²) in [5.41, 5.74) is 5.50. The molecule has 4 heteroatoms. The van der Waals surface area contributed by atoms with Crippen LogP contribution in [0.3, 0.4) is 0 Å². The number of nitrogens with two attached hydrogens (primary N) is 1. The van der Waals surface area contributed by atoms with Crippen LogP contribution in [0.2, 0.25) is 0 Å². The third-order valence-corrected chi connectivity index (χ3v) is 2.71. The van der Waals surface area contributed by atoms with Gasteiger partial charge in [-0.25, -0.2) is 4.98 Å². The average Bonchev–Trinajstić information content (AvgIpc) is 2.55. The molecular formula is C7H10N2OS. The van der Waals surface area contributed by atoms with Gasteiger partial charge < -0.3 is 10.5 Å². The van der Waals surface area contributed by atoms with Gasteiger partial charge in [-0.2, -0.15) is 0 Å². The number of aromatic nitrogens is 1. The minimum Gasteiger partial charge on any atom is -0.375 e. The van der Waals surface area contributed by atoms with Crippen molar-refractivity contribution < 1.29 is 4.74 Å². The van der Waals surface area contributed by atoms with Crippen molar-refractivity contribution in [1.29, 1.82) is 0 Å². The molecule has 0 unspecified atom stereocenters. The Morgan fingerprint density at radius 3 is 3.18 bits per heavy atom. The third kappa shape index (κ3) is 1.36. The number of nitrogen functional groups attached to an aromatic ring is 1. The molecule has 0 saturated carbocycles. The summed E-state index contributed by atoms with van der Waals surface area (Å²) in [6.07, 6.45) is 4.35. The van der Waals surface area contributed by atoms with Gasteiger partial charge in [0.05, 0.1) is 11.0 Å². The summed E-state index contributed by atoms with van der Waals surface area (Å²) < 4.78 is 5.47. The molecule has 2 heterocycles. The maximum absolute atomic E-state index is 5.50. The Kier molecular flexibility index (Phi) is 1.79. The monoisotopic (exact) mass is 170 g/mol. The van der Waals surface area contributed by atoms with Crippen LogP contribution in [0.5, 0.6) is 0 Å². The van der Waals surface area contributed by atoms with E-state index in [2.05, 4.69) is 4.98 Å². The Morgan fingerprint density at radius 1 is 1.73 bits per heavy atom. The Morgan fingerprint density at radius 2 is 2.64 bits per heavy atom. The number of ether oxygens (including phenoxy) is 1. The number of rotatable bonds is 1. The summed E-state index contributed by atoms with van der Waals surface area (Å²) in [5.74, 6) is 0. The Hall–Kier alpha value is -0.610. The van der Waals surface area contributed by atoms with Gasteiger partial charge in [-0.1, -0.05) is 11.3 Å². The van der Waals surface area contributed by atoms with E-state index in [4.69, 9.17) is 10.5 Å². The number of anilines is 1. The van der Waals surface area contributed by atoms with Gasteiger partial charge in [0.25, 0.3) is 0 Å². The number of nitrogens with zero attached hydrogens (tertiary/aromatic N) is 1. The van der Waals surface area contributed by atoms with E-state index in [9.17, 15) is 0 Å². The van der Waals surface area contributed by atoms with Gasteiger partial charge in [0.2, 0.25) is 0 Å². The van der Waals surface area contributed by atoms with Crippen LogP contribution < -0.4 is 5.73 Å². The van der Waals surface area contributed by atoms with Crippen LogP contribution in [0, 0.1) is 0 Å². The molecule has 2 rings (SSSR count). The molecule has 0 aromatic carbocycles. The van der Waals surface area contributed by atoms with Gasteiger partial charge in [0.1, 0.15) is 0 Å². The first-order chi connectivity index (χ1) is 5.36. The fourth-order valence-corrected chi connectivity index (χ4v) is 2.02. The molecule has 0 bridgehead atoms. The molecule has 0 radical (unpaired) electrons. The summed E-state index contributed by atoms with van der Waals surface area (Å²) in [6.45, 7) is 0.877. The largest absolute Gasteiger partial charge is 0.375 e. The predicted octanol–water partition coefficient (Wildman–Crippen LogP) is 1.58. The van der Waals surface area contributed by atoms with E-state index in [1.165, 1.54) is 16.2 Å². The smallest absolute Gasteiger partial charge is 0.180 e. The third-order valence-electron chi connectivity index (χ3n) is 1.79. The topological polar surface area (TPSA) is 48.1 Å². The number of hydrogen-bond donors (Lipinski definition) is 1. The second-order valence-electron chi connectivity index (χ2n) is 2.60. The lowest BCUT2D eigenvalue weighted by molar-refractivity contribution is 0.114. The number of hydrogen-bond acceptors (Lipinski definition) is 4. The van der Waals surface area contributed by atoms with Crippen LogP contribution in [0.4, 0.5) is 5.13 Å². The first-order valence-corrected chi connectivity index (χ1v) is 4.51. The summed E-state index contributed by atoms with van der Waals surface area (Å²) in [7, 11) is 0.